The third kappa shape index (κ3) is 3.77. The number of hydrazone groups is 1. The molecule has 0 aliphatic carbocycles. The number of pyridine rings is 1. The number of hydrogen-bond donors (Lipinski definition) is 1. The Morgan fingerprint density at radius 1 is 1.45 bits per heavy atom. The van der Waals surface area contributed by atoms with E-state index in [1.807, 2.05) is 6.07 Å². The fourth-order valence-corrected chi connectivity index (χ4v) is 2.23. The molecule has 0 fully saturated rings. The van der Waals surface area contributed by atoms with E-state index < -0.39 is 0 Å². The van der Waals surface area contributed by atoms with Gasteiger partial charge >= 0.3 is 0 Å². The molecule has 6 heteroatoms. The molecule has 0 spiro atoms. The van der Waals surface area contributed by atoms with Crippen LogP contribution in [0.1, 0.15) is 15.9 Å². The van der Waals surface area contributed by atoms with E-state index in [4.69, 9.17) is 4.74 Å². The third-order valence-electron chi connectivity index (χ3n) is 2.48. The number of methoxy groups -OCH3 is 1. The Kier molecular flexibility index (Phi) is 5.05. The highest BCUT2D eigenvalue weighted by atomic mass is 127. The maximum Gasteiger partial charge on any atom is 0.271 e. The Morgan fingerprint density at radius 3 is 2.95 bits per heavy atom. The molecule has 0 saturated carbocycles. The van der Waals surface area contributed by atoms with Crippen molar-refractivity contribution in [2.45, 2.75) is 0 Å². The highest BCUT2D eigenvalue weighted by molar-refractivity contribution is 14.1. The Morgan fingerprint density at radius 2 is 2.30 bits per heavy atom. The van der Waals surface area contributed by atoms with Gasteiger partial charge in [0.25, 0.3) is 5.91 Å². The van der Waals surface area contributed by atoms with E-state index in [-0.39, 0.29) is 5.91 Å². The van der Waals surface area contributed by atoms with Gasteiger partial charge in [0.05, 0.1) is 16.9 Å². The number of nitrogens with zero attached hydrogens (tertiary/aromatic N) is 2. The third-order valence-corrected chi connectivity index (χ3v) is 3.32. The molecule has 0 bridgehead atoms. The Hall–Kier alpha value is -1.96. The highest BCUT2D eigenvalue weighted by Crippen LogP contribution is 2.21. The van der Waals surface area contributed by atoms with Gasteiger partial charge in [0.15, 0.2) is 0 Å². The van der Waals surface area contributed by atoms with Crippen LogP contribution in [0.2, 0.25) is 0 Å². The predicted molar refractivity (Wildman–Crippen MR) is 85.0 cm³/mol. The lowest BCUT2D eigenvalue weighted by molar-refractivity contribution is 0.0955. The van der Waals surface area contributed by atoms with Gasteiger partial charge in [-0.1, -0.05) is 6.07 Å². The lowest BCUT2D eigenvalue weighted by Crippen LogP contribution is -2.17. The van der Waals surface area contributed by atoms with Gasteiger partial charge in [-0.3, -0.25) is 9.78 Å². The lowest BCUT2D eigenvalue weighted by Gasteiger charge is -2.05. The molecule has 1 aromatic carbocycles. The predicted octanol–water partition coefficient (Wildman–Crippen LogP) is 2.46. The molecule has 0 unspecified atom stereocenters. The first kappa shape index (κ1) is 14.4. The number of ether oxygens (including phenoxy) is 1. The van der Waals surface area contributed by atoms with Gasteiger partial charge in [-0.05, 0) is 46.9 Å². The highest BCUT2D eigenvalue weighted by Gasteiger charge is 2.07. The maximum atomic E-state index is 11.9. The van der Waals surface area contributed by atoms with Gasteiger partial charge in [-0.25, -0.2) is 5.43 Å². The summed E-state index contributed by atoms with van der Waals surface area (Å²) in [4.78, 5) is 15.9. The monoisotopic (exact) mass is 381 g/mol. The summed E-state index contributed by atoms with van der Waals surface area (Å²) in [5, 5.41) is 3.89. The molecule has 0 aliphatic rings. The minimum absolute atomic E-state index is 0.272. The standard InChI is InChI=1S/C14H12IN3O2/c1-20-13-5-4-11(7-12(13)15)14(19)18-17-9-10-3-2-6-16-8-10/h2-9H,1H3,(H,18,19)/b17-9-. The normalized spacial score (nSPS) is 10.5. The van der Waals surface area contributed by atoms with Crippen molar-refractivity contribution in [2.24, 2.45) is 5.10 Å². The van der Waals surface area contributed by atoms with Gasteiger partial charge in [-0.2, -0.15) is 5.10 Å². The molecule has 2 aromatic rings. The van der Waals surface area contributed by atoms with E-state index in [1.54, 1.807) is 50.0 Å². The zero-order chi connectivity index (χ0) is 14.4. The van der Waals surface area contributed by atoms with Crippen LogP contribution in [0.4, 0.5) is 0 Å². The molecular weight excluding hydrogens is 369 g/mol. The van der Waals surface area contributed by atoms with E-state index in [2.05, 4.69) is 38.1 Å². The number of rotatable bonds is 4. The molecular formula is C14H12IN3O2. The molecule has 0 aliphatic heterocycles. The summed E-state index contributed by atoms with van der Waals surface area (Å²) in [7, 11) is 1.59. The van der Waals surface area contributed by atoms with E-state index in [0.717, 1.165) is 14.9 Å². The van der Waals surface area contributed by atoms with Crippen molar-refractivity contribution in [2.75, 3.05) is 7.11 Å². The second-order valence-electron chi connectivity index (χ2n) is 3.83. The molecule has 20 heavy (non-hydrogen) atoms. The fourth-order valence-electron chi connectivity index (χ4n) is 1.49. The Bertz CT molecular complexity index is 630. The first-order valence-corrected chi connectivity index (χ1v) is 6.85. The number of halogens is 1. The second-order valence-corrected chi connectivity index (χ2v) is 5.00. The SMILES string of the molecule is COc1ccc(C(=O)N/N=C\c2cccnc2)cc1I. The van der Waals surface area contributed by atoms with Crippen LogP contribution in [0, 0.1) is 3.57 Å². The molecule has 2 rings (SSSR count). The molecule has 1 amide bonds. The molecule has 1 N–H and O–H groups in total. The summed E-state index contributed by atoms with van der Waals surface area (Å²) in [6.45, 7) is 0. The molecule has 102 valence electrons. The first-order valence-electron chi connectivity index (χ1n) is 5.77. The minimum Gasteiger partial charge on any atom is -0.496 e. The van der Waals surface area contributed by atoms with Crippen molar-refractivity contribution in [3.8, 4) is 5.75 Å². The molecule has 0 saturated heterocycles. The lowest BCUT2D eigenvalue weighted by atomic mass is 10.2. The number of carbonyl (C=O) groups is 1. The largest absolute Gasteiger partial charge is 0.496 e. The quantitative estimate of drug-likeness (QED) is 0.503. The summed E-state index contributed by atoms with van der Waals surface area (Å²) in [5.41, 5.74) is 3.81. The Labute approximate surface area is 130 Å². The van der Waals surface area contributed by atoms with Crippen molar-refractivity contribution in [3.05, 3.63) is 57.4 Å². The van der Waals surface area contributed by atoms with Gasteiger partial charge in [0.2, 0.25) is 0 Å². The average molecular weight is 381 g/mol. The number of aromatic nitrogens is 1. The summed E-state index contributed by atoms with van der Waals surface area (Å²) >= 11 is 2.11. The summed E-state index contributed by atoms with van der Waals surface area (Å²) in [5.74, 6) is 0.465. The van der Waals surface area contributed by atoms with Gasteiger partial charge < -0.3 is 4.74 Å². The van der Waals surface area contributed by atoms with Gasteiger partial charge in [0, 0.05) is 23.5 Å². The van der Waals surface area contributed by atoms with E-state index >= 15 is 0 Å². The van der Waals surface area contributed by atoms with Crippen LogP contribution in [-0.2, 0) is 0 Å². The maximum absolute atomic E-state index is 11.9. The number of carbonyl (C=O) groups excluding carboxylic acids is 1. The zero-order valence-corrected chi connectivity index (χ0v) is 12.9. The molecule has 0 radical (unpaired) electrons. The van der Waals surface area contributed by atoms with Crippen LogP contribution in [0.3, 0.4) is 0 Å². The average Bonchev–Trinajstić information content (AvgIpc) is 2.48. The number of hydrogen-bond acceptors (Lipinski definition) is 4. The second kappa shape index (κ2) is 6.99. The molecule has 0 atom stereocenters. The van der Waals surface area contributed by atoms with Crippen LogP contribution < -0.4 is 10.2 Å². The van der Waals surface area contributed by atoms with E-state index in [0.29, 0.717) is 5.56 Å². The Balaban J connectivity index is 2.02. The van der Waals surface area contributed by atoms with Crippen LogP contribution >= 0.6 is 22.6 Å². The molecule has 5 nitrogen and oxygen atoms in total. The van der Waals surface area contributed by atoms with Crippen molar-refractivity contribution >= 4 is 34.7 Å². The van der Waals surface area contributed by atoms with Crippen LogP contribution in [0.15, 0.2) is 47.8 Å². The topological polar surface area (TPSA) is 63.6 Å². The first-order chi connectivity index (χ1) is 9.70. The van der Waals surface area contributed by atoms with Crippen molar-refractivity contribution in [1.29, 1.82) is 0 Å². The smallest absolute Gasteiger partial charge is 0.271 e. The van der Waals surface area contributed by atoms with Gasteiger partial charge in [0.1, 0.15) is 5.75 Å². The number of benzene rings is 1. The number of nitrogens with one attached hydrogen (secondary N) is 1. The summed E-state index contributed by atoms with van der Waals surface area (Å²) in [6, 6.07) is 8.83. The van der Waals surface area contributed by atoms with Crippen molar-refractivity contribution < 1.29 is 9.53 Å². The fraction of sp³-hybridized carbons (Fsp3) is 0.0714. The zero-order valence-electron chi connectivity index (χ0n) is 10.7. The van der Waals surface area contributed by atoms with Gasteiger partial charge in [-0.15, -0.1) is 0 Å². The van der Waals surface area contributed by atoms with Crippen LogP contribution in [0.25, 0.3) is 0 Å². The van der Waals surface area contributed by atoms with Crippen LogP contribution in [-0.4, -0.2) is 24.2 Å². The van der Waals surface area contributed by atoms with E-state index in [9.17, 15) is 4.79 Å². The van der Waals surface area contributed by atoms with Crippen molar-refractivity contribution in [3.63, 3.8) is 0 Å². The van der Waals surface area contributed by atoms with Crippen molar-refractivity contribution in [1.82, 2.24) is 10.4 Å². The summed E-state index contributed by atoms with van der Waals surface area (Å²) < 4.78 is 6.01. The number of amides is 1. The summed E-state index contributed by atoms with van der Waals surface area (Å²) in [6.07, 6.45) is 4.88. The molecule has 1 heterocycles. The molecule has 1 aromatic heterocycles. The van der Waals surface area contributed by atoms with Crippen LogP contribution in [0.5, 0.6) is 5.75 Å². The minimum atomic E-state index is -0.272. The van der Waals surface area contributed by atoms with E-state index in [1.165, 1.54) is 0 Å².